The fraction of sp³-hybridized carbons (Fsp3) is 0.185. The van der Waals surface area contributed by atoms with E-state index in [1.54, 1.807) is 28.9 Å². The topological polar surface area (TPSA) is 142 Å². The van der Waals surface area contributed by atoms with Crippen LogP contribution in [-0.2, 0) is 6.54 Å². The molecule has 1 fully saturated rings. The number of halogens is 1. The maximum atomic E-state index is 14.3. The summed E-state index contributed by atoms with van der Waals surface area (Å²) in [5.74, 6) is 1.21. The molecule has 1 aliphatic heterocycles. The van der Waals surface area contributed by atoms with Gasteiger partial charge < -0.3 is 24.9 Å². The molecule has 12 heteroatoms. The smallest absolute Gasteiger partial charge is 0.326 e. The van der Waals surface area contributed by atoms with Crippen molar-refractivity contribution in [1.29, 1.82) is 0 Å². The predicted molar refractivity (Wildman–Crippen MR) is 139 cm³/mol. The van der Waals surface area contributed by atoms with Gasteiger partial charge in [0.2, 0.25) is 12.7 Å². The van der Waals surface area contributed by atoms with Crippen LogP contribution in [0.15, 0.2) is 58.4 Å². The summed E-state index contributed by atoms with van der Waals surface area (Å²) >= 11 is 0. The van der Waals surface area contributed by atoms with Gasteiger partial charge in [-0.05, 0) is 59.9 Å². The SMILES string of the molecule is O=c1[nH]c(O)c(C=c2cnn3c(=NC4CC4)cc(NCc4cc(F)ccc4-c4ccc5c(c4)OCO5)nc23)[nH]1. The van der Waals surface area contributed by atoms with E-state index in [1.165, 1.54) is 12.1 Å². The highest BCUT2D eigenvalue weighted by Crippen LogP contribution is 2.37. The molecule has 11 nitrogen and oxygen atoms in total. The molecule has 0 saturated heterocycles. The van der Waals surface area contributed by atoms with Crippen molar-refractivity contribution in [3.8, 4) is 28.5 Å². The van der Waals surface area contributed by atoms with Gasteiger partial charge in [0.05, 0.1) is 12.2 Å². The van der Waals surface area contributed by atoms with Gasteiger partial charge in [-0.15, -0.1) is 0 Å². The van der Waals surface area contributed by atoms with Crippen LogP contribution in [-0.4, -0.2) is 42.5 Å². The van der Waals surface area contributed by atoms with Crippen LogP contribution in [0.2, 0.25) is 0 Å². The maximum Gasteiger partial charge on any atom is 0.326 e. The number of nitrogens with zero attached hydrogens (tertiary/aromatic N) is 4. The minimum absolute atomic E-state index is 0.173. The third kappa shape index (κ3) is 4.45. The van der Waals surface area contributed by atoms with Gasteiger partial charge >= 0.3 is 5.69 Å². The van der Waals surface area contributed by atoms with Crippen LogP contribution in [0.5, 0.6) is 17.4 Å². The van der Waals surface area contributed by atoms with E-state index in [0.29, 0.717) is 33.7 Å². The minimum Gasteiger partial charge on any atom is -0.493 e. The normalized spacial score (nSPS) is 15.4. The molecule has 2 aliphatic rings. The lowest BCUT2D eigenvalue weighted by atomic mass is 9.99. The molecule has 39 heavy (non-hydrogen) atoms. The highest BCUT2D eigenvalue weighted by Gasteiger charge is 2.21. The molecule has 0 spiro atoms. The summed E-state index contributed by atoms with van der Waals surface area (Å²) in [6.07, 6.45) is 5.19. The molecule has 0 unspecified atom stereocenters. The number of H-pyrrole nitrogens is 2. The molecule has 1 aliphatic carbocycles. The van der Waals surface area contributed by atoms with E-state index in [1.807, 2.05) is 18.2 Å². The Morgan fingerprint density at radius 3 is 2.85 bits per heavy atom. The van der Waals surface area contributed by atoms with Crippen molar-refractivity contribution in [1.82, 2.24) is 24.6 Å². The maximum absolute atomic E-state index is 14.3. The van der Waals surface area contributed by atoms with Crippen LogP contribution in [0.1, 0.15) is 24.1 Å². The minimum atomic E-state index is -0.525. The first kappa shape index (κ1) is 23.0. The van der Waals surface area contributed by atoms with Gasteiger partial charge in [-0.2, -0.15) is 9.61 Å². The number of nitrogens with one attached hydrogen (secondary N) is 3. The Hall–Kier alpha value is -5.13. The number of anilines is 1. The summed E-state index contributed by atoms with van der Waals surface area (Å²) in [5.41, 5.74) is 3.23. The second-order valence-corrected chi connectivity index (χ2v) is 9.40. The second kappa shape index (κ2) is 9.01. The summed E-state index contributed by atoms with van der Waals surface area (Å²) in [5, 5.41) is 18.3. The van der Waals surface area contributed by atoms with Crippen molar-refractivity contribution in [3.05, 3.63) is 86.9 Å². The number of aromatic nitrogens is 5. The molecule has 0 atom stereocenters. The molecule has 5 aromatic rings. The van der Waals surface area contributed by atoms with Gasteiger partial charge in [0.25, 0.3) is 0 Å². The van der Waals surface area contributed by atoms with Crippen LogP contribution in [0.4, 0.5) is 10.2 Å². The van der Waals surface area contributed by atoms with Crippen molar-refractivity contribution in [2.75, 3.05) is 12.1 Å². The molecule has 2 aromatic carbocycles. The van der Waals surface area contributed by atoms with Gasteiger partial charge in [0.15, 0.2) is 22.6 Å². The Morgan fingerprint density at radius 1 is 1.15 bits per heavy atom. The van der Waals surface area contributed by atoms with Gasteiger partial charge in [0, 0.05) is 17.8 Å². The van der Waals surface area contributed by atoms with Crippen LogP contribution < -0.4 is 31.2 Å². The first-order valence-electron chi connectivity index (χ1n) is 12.4. The fourth-order valence-corrected chi connectivity index (χ4v) is 4.53. The summed E-state index contributed by atoms with van der Waals surface area (Å²) in [6.45, 7) is 0.458. The van der Waals surface area contributed by atoms with Crippen LogP contribution >= 0.6 is 0 Å². The molecular weight excluding hydrogens is 505 g/mol. The summed E-state index contributed by atoms with van der Waals surface area (Å²) < 4.78 is 26.9. The van der Waals surface area contributed by atoms with Crippen molar-refractivity contribution >= 4 is 17.5 Å². The molecule has 0 amide bonds. The van der Waals surface area contributed by atoms with E-state index >= 15 is 0 Å². The number of imidazole rings is 1. The average molecular weight is 528 g/mol. The third-order valence-electron chi connectivity index (χ3n) is 6.59. The summed E-state index contributed by atoms with van der Waals surface area (Å²) in [4.78, 5) is 25.9. The monoisotopic (exact) mass is 527 g/mol. The quantitative estimate of drug-likeness (QED) is 0.265. The zero-order valence-corrected chi connectivity index (χ0v) is 20.4. The molecule has 0 bridgehead atoms. The van der Waals surface area contributed by atoms with Gasteiger partial charge in [0.1, 0.15) is 17.3 Å². The number of aromatic amines is 2. The van der Waals surface area contributed by atoms with Crippen molar-refractivity contribution < 1.29 is 19.0 Å². The fourth-order valence-electron chi connectivity index (χ4n) is 4.53. The number of hydrogen-bond donors (Lipinski definition) is 4. The van der Waals surface area contributed by atoms with Gasteiger partial charge in [-0.1, -0.05) is 12.1 Å². The van der Waals surface area contributed by atoms with Crippen molar-refractivity contribution in [3.63, 3.8) is 0 Å². The highest BCUT2D eigenvalue weighted by molar-refractivity contribution is 5.71. The van der Waals surface area contributed by atoms with Crippen LogP contribution in [0.3, 0.4) is 0 Å². The van der Waals surface area contributed by atoms with Crippen LogP contribution in [0, 0.1) is 5.82 Å². The summed E-state index contributed by atoms with van der Waals surface area (Å²) in [7, 11) is 0. The molecule has 7 rings (SSSR count). The predicted octanol–water partition coefficient (Wildman–Crippen LogP) is 2.21. The van der Waals surface area contributed by atoms with Crippen molar-refractivity contribution in [2.24, 2.45) is 4.99 Å². The lowest BCUT2D eigenvalue weighted by molar-refractivity contribution is 0.174. The molecular formula is C27H22FN7O4. The molecule has 196 valence electrons. The molecule has 3 aromatic heterocycles. The molecule has 1 saturated carbocycles. The number of aromatic hydroxyl groups is 1. The Kier molecular flexibility index (Phi) is 5.32. The zero-order valence-electron chi connectivity index (χ0n) is 20.4. The Balaban J connectivity index is 1.27. The standard InChI is InChI=1S/C27H22FN7O4/c28-17-2-5-19(14-1-6-21-22(9-14)39-13-38-21)15(7-17)11-29-23-10-24(31-18-3-4-18)35-25(33-23)16(12-30-35)8-20-26(36)34-27(37)32-20/h1-2,5-10,12,18,29,36H,3-4,11,13H2,(H2,32,34,37). The number of hydrogen-bond acceptors (Lipinski definition) is 8. The van der Waals surface area contributed by atoms with E-state index in [2.05, 4.69) is 20.4 Å². The largest absolute Gasteiger partial charge is 0.493 e. The van der Waals surface area contributed by atoms with E-state index in [4.69, 9.17) is 19.5 Å². The molecule has 4 heterocycles. The van der Waals surface area contributed by atoms with Crippen molar-refractivity contribution in [2.45, 2.75) is 25.4 Å². The number of benzene rings is 2. The number of rotatable bonds is 6. The number of fused-ring (bicyclic) bond motifs is 2. The van der Waals surface area contributed by atoms with E-state index in [9.17, 15) is 14.3 Å². The molecule has 4 N–H and O–H groups in total. The van der Waals surface area contributed by atoms with Gasteiger partial charge in [-0.25, -0.2) is 14.2 Å². The van der Waals surface area contributed by atoms with Crippen LogP contribution in [0.25, 0.3) is 22.9 Å². The third-order valence-corrected chi connectivity index (χ3v) is 6.59. The Labute approximate surface area is 219 Å². The zero-order chi connectivity index (χ0) is 26.5. The second-order valence-electron chi connectivity index (χ2n) is 9.40. The van der Waals surface area contributed by atoms with Gasteiger partial charge in [-0.3, -0.25) is 9.98 Å². The summed E-state index contributed by atoms with van der Waals surface area (Å²) in [6, 6.07) is 12.3. The van der Waals surface area contributed by atoms with E-state index in [-0.39, 0.29) is 36.8 Å². The van der Waals surface area contributed by atoms with E-state index in [0.717, 1.165) is 29.5 Å². The number of ether oxygens (including phenoxy) is 2. The average Bonchev–Trinajstić information content (AvgIpc) is 3.30. The van der Waals surface area contributed by atoms with E-state index < -0.39 is 5.69 Å². The Morgan fingerprint density at radius 2 is 2.03 bits per heavy atom. The first-order valence-corrected chi connectivity index (χ1v) is 12.4. The lowest BCUT2D eigenvalue weighted by Gasteiger charge is -2.13. The lowest BCUT2D eigenvalue weighted by Crippen LogP contribution is -2.20. The first-order chi connectivity index (χ1) is 19.0. The highest BCUT2D eigenvalue weighted by atomic mass is 19.1. The Bertz CT molecular complexity index is 1920. The molecule has 0 radical (unpaired) electrons.